The average Bonchev–Trinajstić information content (AvgIpc) is 2.47. The van der Waals surface area contributed by atoms with E-state index in [0.29, 0.717) is 0 Å². The first kappa shape index (κ1) is 14.2. The van der Waals surface area contributed by atoms with Crippen molar-refractivity contribution in [1.82, 2.24) is 4.72 Å². The van der Waals surface area contributed by atoms with Crippen molar-refractivity contribution >= 4 is 10.0 Å². The van der Waals surface area contributed by atoms with Crippen molar-refractivity contribution in [2.75, 3.05) is 0 Å². The van der Waals surface area contributed by atoms with Crippen LogP contribution in [0.5, 0.6) is 0 Å². The zero-order chi connectivity index (χ0) is 14.9. The third-order valence-corrected chi connectivity index (χ3v) is 5.24. The maximum atomic E-state index is 13.2. The van der Waals surface area contributed by atoms with Crippen molar-refractivity contribution < 1.29 is 12.8 Å². The monoisotopic (exact) mass is 305 g/mol. The van der Waals surface area contributed by atoms with Gasteiger partial charge in [0.25, 0.3) is 0 Å². The number of halogens is 1. The predicted molar refractivity (Wildman–Crippen MR) is 78.8 cm³/mol. The molecule has 5 heteroatoms. The van der Waals surface area contributed by atoms with E-state index in [4.69, 9.17) is 0 Å². The normalized spacial score (nSPS) is 18.2. The third-order valence-electron chi connectivity index (χ3n) is 3.77. The molecule has 3 nitrogen and oxygen atoms in total. The van der Waals surface area contributed by atoms with E-state index < -0.39 is 15.8 Å². The molecule has 1 atom stereocenters. The second-order valence-electron chi connectivity index (χ2n) is 5.22. The Balaban J connectivity index is 1.90. The van der Waals surface area contributed by atoms with Crippen LogP contribution >= 0.6 is 0 Å². The topological polar surface area (TPSA) is 46.2 Å². The highest BCUT2D eigenvalue weighted by molar-refractivity contribution is 7.89. The van der Waals surface area contributed by atoms with E-state index in [1.54, 1.807) is 0 Å². The molecule has 0 fully saturated rings. The highest BCUT2D eigenvalue weighted by atomic mass is 32.2. The molecule has 0 radical (unpaired) electrons. The summed E-state index contributed by atoms with van der Waals surface area (Å²) in [6, 6.07) is 12.7. The van der Waals surface area contributed by atoms with Crippen molar-refractivity contribution in [1.29, 1.82) is 0 Å². The van der Waals surface area contributed by atoms with Gasteiger partial charge in [0.1, 0.15) is 5.82 Å². The number of hydrogen-bond acceptors (Lipinski definition) is 2. The first-order valence-electron chi connectivity index (χ1n) is 6.92. The molecule has 110 valence electrons. The molecule has 0 heterocycles. The fraction of sp³-hybridized carbons (Fsp3) is 0.250. The summed E-state index contributed by atoms with van der Waals surface area (Å²) in [5, 5.41) is 0. The Labute approximate surface area is 123 Å². The van der Waals surface area contributed by atoms with E-state index in [2.05, 4.69) is 4.72 Å². The van der Waals surface area contributed by atoms with Gasteiger partial charge in [-0.2, -0.15) is 0 Å². The first-order valence-corrected chi connectivity index (χ1v) is 8.40. The third kappa shape index (κ3) is 2.99. The summed E-state index contributed by atoms with van der Waals surface area (Å²) >= 11 is 0. The molecule has 0 aromatic heterocycles. The van der Waals surface area contributed by atoms with Gasteiger partial charge in [0, 0.05) is 6.04 Å². The Morgan fingerprint density at radius 3 is 2.71 bits per heavy atom. The van der Waals surface area contributed by atoms with Gasteiger partial charge in [0.15, 0.2) is 0 Å². The van der Waals surface area contributed by atoms with E-state index in [1.165, 1.54) is 23.8 Å². The fourth-order valence-corrected chi connectivity index (χ4v) is 4.05. The highest BCUT2D eigenvalue weighted by Crippen LogP contribution is 2.30. The van der Waals surface area contributed by atoms with E-state index >= 15 is 0 Å². The molecule has 0 saturated heterocycles. The zero-order valence-electron chi connectivity index (χ0n) is 11.4. The van der Waals surface area contributed by atoms with Gasteiger partial charge in [0.2, 0.25) is 10.0 Å². The van der Waals surface area contributed by atoms with Crippen LogP contribution in [0.4, 0.5) is 4.39 Å². The molecular formula is C16H16FNO2S. The molecule has 0 unspecified atom stereocenters. The van der Waals surface area contributed by atoms with Crippen molar-refractivity contribution in [3.8, 4) is 0 Å². The average molecular weight is 305 g/mol. The van der Waals surface area contributed by atoms with Gasteiger partial charge in [0.05, 0.1) is 4.90 Å². The summed E-state index contributed by atoms with van der Waals surface area (Å²) in [6.07, 6.45) is 2.66. The van der Waals surface area contributed by atoms with Crippen LogP contribution in [0.1, 0.15) is 30.0 Å². The van der Waals surface area contributed by atoms with Crippen molar-refractivity contribution in [2.45, 2.75) is 30.2 Å². The summed E-state index contributed by atoms with van der Waals surface area (Å²) in [7, 11) is -3.72. The molecule has 3 rings (SSSR count). The van der Waals surface area contributed by atoms with Gasteiger partial charge in [-0.1, -0.05) is 30.3 Å². The lowest BCUT2D eigenvalue weighted by Gasteiger charge is -2.26. The standard InChI is InChI=1S/C16H16FNO2S/c17-13-7-4-8-14(11-13)21(19,20)18-16-10-3-6-12-5-1-2-9-15(12)16/h1-2,4-5,7-9,11,16,18H,3,6,10H2/t16-/m0/s1. The molecule has 0 aliphatic heterocycles. The Hall–Kier alpha value is -1.72. The Morgan fingerprint density at radius 2 is 1.90 bits per heavy atom. The molecule has 0 bridgehead atoms. The molecule has 0 saturated carbocycles. The second kappa shape index (κ2) is 5.58. The minimum Gasteiger partial charge on any atom is -0.207 e. The Morgan fingerprint density at radius 1 is 1.10 bits per heavy atom. The molecule has 0 amide bonds. The Bertz CT molecular complexity index is 758. The molecule has 0 spiro atoms. The quantitative estimate of drug-likeness (QED) is 0.946. The molecule has 2 aromatic carbocycles. The molecular weight excluding hydrogens is 289 g/mol. The highest BCUT2D eigenvalue weighted by Gasteiger charge is 2.25. The predicted octanol–water partition coefficient (Wildman–Crippen LogP) is 3.18. The lowest BCUT2D eigenvalue weighted by Crippen LogP contribution is -2.31. The second-order valence-corrected chi connectivity index (χ2v) is 6.94. The van der Waals surface area contributed by atoms with Crippen molar-refractivity contribution in [3.05, 3.63) is 65.5 Å². The lowest BCUT2D eigenvalue weighted by molar-refractivity contribution is 0.506. The van der Waals surface area contributed by atoms with Gasteiger partial charge in [-0.25, -0.2) is 17.5 Å². The van der Waals surface area contributed by atoms with E-state index in [1.807, 2.05) is 24.3 Å². The molecule has 1 aliphatic rings. The summed E-state index contributed by atoms with van der Waals surface area (Å²) in [5.74, 6) is -0.554. The van der Waals surface area contributed by atoms with Crippen LogP contribution in [0.25, 0.3) is 0 Å². The SMILES string of the molecule is O=S(=O)(N[C@H]1CCCc2ccccc21)c1cccc(F)c1. The molecule has 21 heavy (non-hydrogen) atoms. The Kier molecular flexibility index (Phi) is 3.78. The smallest absolute Gasteiger partial charge is 0.207 e. The van der Waals surface area contributed by atoms with Gasteiger partial charge in [-0.15, -0.1) is 0 Å². The summed E-state index contributed by atoms with van der Waals surface area (Å²) in [5.41, 5.74) is 2.19. The van der Waals surface area contributed by atoms with Crippen molar-refractivity contribution in [3.63, 3.8) is 0 Å². The molecule has 2 aromatic rings. The number of fused-ring (bicyclic) bond motifs is 1. The number of rotatable bonds is 3. The van der Waals surface area contributed by atoms with Crippen molar-refractivity contribution in [2.24, 2.45) is 0 Å². The minimum atomic E-state index is -3.72. The number of benzene rings is 2. The van der Waals surface area contributed by atoms with Gasteiger partial charge in [-0.3, -0.25) is 0 Å². The first-order chi connectivity index (χ1) is 10.1. The van der Waals surface area contributed by atoms with Crippen LogP contribution in [0.15, 0.2) is 53.4 Å². The maximum Gasteiger partial charge on any atom is 0.241 e. The summed E-state index contributed by atoms with van der Waals surface area (Å²) in [4.78, 5) is -0.0365. The van der Waals surface area contributed by atoms with E-state index in [-0.39, 0.29) is 10.9 Å². The summed E-state index contributed by atoms with van der Waals surface area (Å²) in [6.45, 7) is 0. The lowest BCUT2D eigenvalue weighted by atomic mass is 9.88. The van der Waals surface area contributed by atoms with Crippen LogP contribution in [-0.2, 0) is 16.4 Å². The van der Waals surface area contributed by atoms with E-state index in [9.17, 15) is 12.8 Å². The van der Waals surface area contributed by atoms with Crippen LogP contribution in [0.2, 0.25) is 0 Å². The van der Waals surface area contributed by atoms with Crippen LogP contribution < -0.4 is 4.72 Å². The maximum absolute atomic E-state index is 13.2. The van der Waals surface area contributed by atoms with Gasteiger partial charge >= 0.3 is 0 Å². The number of sulfonamides is 1. The summed E-state index contributed by atoms with van der Waals surface area (Å²) < 4.78 is 40.7. The van der Waals surface area contributed by atoms with Crippen LogP contribution in [0, 0.1) is 5.82 Å². The van der Waals surface area contributed by atoms with Gasteiger partial charge in [-0.05, 0) is 48.6 Å². The number of hydrogen-bond donors (Lipinski definition) is 1. The van der Waals surface area contributed by atoms with Crippen LogP contribution in [0.3, 0.4) is 0 Å². The number of nitrogens with one attached hydrogen (secondary N) is 1. The number of aryl methyl sites for hydroxylation is 1. The zero-order valence-corrected chi connectivity index (χ0v) is 12.2. The minimum absolute atomic E-state index is 0.0365. The van der Waals surface area contributed by atoms with Crippen LogP contribution in [-0.4, -0.2) is 8.42 Å². The van der Waals surface area contributed by atoms with Gasteiger partial charge < -0.3 is 0 Å². The molecule has 1 N–H and O–H groups in total. The largest absolute Gasteiger partial charge is 0.241 e. The molecule has 1 aliphatic carbocycles. The fourth-order valence-electron chi connectivity index (χ4n) is 2.77. The van der Waals surface area contributed by atoms with E-state index in [0.717, 1.165) is 30.9 Å².